The smallest absolute Gasteiger partial charge is 0.240 e. The third kappa shape index (κ3) is 3.17. The number of hydrogen-bond donors (Lipinski definition) is 1. The number of rotatable bonds is 3. The minimum Gasteiger partial charge on any atom is -0.360 e. The molecular weight excluding hydrogens is 314 g/mol. The molecule has 5 nitrogen and oxygen atoms in total. The topological polar surface area (TPSA) is 45.1 Å². The van der Waals surface area contributed by atoms with E-state index in [4.69, 9.17) is 0 Å². The lowest BCUT2D eigenvalue weighted by Gasteiger charge is -2.35. The van der Waals surface area contributed by atoms with Gasteiger partial charge in [-0.1, -0.05) is 37.5 Å². The molecule has 3 aliphatic rings. The van der Waals surface area contributed by atoms with Gasteiger partial charge in [-0.2, -0.15) is 0 Å². The summed E-state index contributed by atoms with van der Waals surface area (Å²) in [6, 6.07) is 10.5. The molecule has 1 aliphatic carbocycles. The van der Waals surface area contributed by atoms with E-state index in [2.05, 4.69) is 29.2 Å². The van der Waals surface area contributed by atoms with Crippen LogP contribution < -0.4 is 9.80 Å². The Morgan fingerprint density at radius 3 is 2.32 bits per heavy atom. The Labute approximate surface area is 149 Å². The van der Waals surface area contributed by atoms with E-state index in [0.717, 1.165) is 51.9 Å². The highest BCUT2D eigenvalue weighted by Crippen LogP contribution is 2.44. The Morgan fingerprint density at radius 1 is 0.960 bits per heavy atom. The summed E-state index contributed by atoms with van der Waals surface area (Å²) in [6.45, 7) is 4.45. The Morgan fingerprint density at radius 2 is 1.64 bits per heavy atom. The fourth-order valence-electron chi connectivity index (χ4n) is 4.74. The maximum atomic E-state index is 12.9. The highest BCUT2D eigenvalue weighted by Gasteiger charge is 2.52. The lowest BCUT2D eigenvalue weighted by Crippen LogP contribution is -3.16. The first kappa shape index (κ1) is 16.6. The normalized spacial score (nSPS) is 24.3. The molecule has 2 aliphatic heterocycles. The molecule has 5 heteroatoms. The fourth-order valence-corrected chi connectivity index (χ4v) is 4.74. The zero-order valence-corrected chi connectivity index (χ0v) is 14.9. The van der Waals surface area contributed by atoms with Crippen LogP contribution in [0.25, 0.3) is 0 Å². The number of quaternary nitrogens is 1. The highest BCUT2D eigenvalue weighted by molar-refractivity contribution is 6.05. The number of anilines is 1. The van der Waals surface area contributed by atoms with Gasteiger partial charge in [0.15, 0.2) is 6.67 Å². The standard InChI is InChI=1S/C20H27N3O2/c24-18-15-20(9-5-2-6-10-20)19(25)23(18)16-21-11-13-22(14-12-21)17-7-3-1-4-8-17/h1,3-4,7-8H,2,5-6,9-16H2/p+1. The second-order valence-electron chi connectivity index (χ2n) is 7.88. The van der Waals surface area contributed by atoms with Crippen molar-refractivity contribution >= 4 is 17.5 Å². The molecule has 4 rings (SSSR count). The number of nitrogens with zero attached hydrogens (tertiary/aromatic N) is 2. The molecule has 1 N–H and O–H groups in total. The molecule has 0 unspecified atom stereocenters. The molecule has 25 heavy (non-hydrogen) atoms. The summed E-state index contributed by atoms with van der Waals surface area (Å²) < 4.78 is 0. The molecule has 3 fully saturated rings. The summed E-state index contributed by atoms with van der Waals surface area (Å²) in [5, 5.41) is 0. The molecule has 2 heterocycles. The SMILES string of the molecule is O=C1CC2(CCCCC2)C(=O)N1C[NH+]1CCN(c2ccccc2)CC1. The van der Waals surface area contributed by atoms with Gasteiger partial charge in [0.05, 0.1) is 31.6 Å². The Hall–Kier alpha value is -1.88. The first-order valence-electron chi connectivity index (χ1n) is 9.66. The van der Waals surface area contributed by atoms with Crippen molar-refractivity contribution in [1.82, 2.24) is 4.90 Å². The minimum atomic E-state index is -0.347. The molecule has 0 radical (unpaired) electrons. The molecule has 1 spiro atoms. The third-order valence-electron chi connectivity index (χ3n) is 6.27. The van der Waals surface area contributed by atoms with Crippen molar-refractivity contribution in [1.29, 1.82) is 0 Å². The van der Waals surface area contributed by atoms with Crippen LogP contribution in [-0.2, 0) is 9.59 Å². The number of amides is 2. The number of imide groups is 1. The number of nitrogens with one attached hydrogen (secondary N) is 1. The maximum absolute atomic E-state index is 12.9. The summed E-state index contributed by atoms with van der Waals surface area (Å²) >= 11 is 0. The number of para-hydroxylation sites is 1. The Balaban J connectivity index is 1.35. The van der Waals surface area contributed by atoms with E-state index in [0.29, 0.717) is 13.1 Å². The predicted octanol–water partition coefficient (Wildman–Crippen LogP) is 1.06. The largest absolute Gasteiger partial charge is 0.360 e. The molecule has 0 bridgehead atoms. The highest BCUT2D eigenvalue weighted by atomic mass is 16.2. The second kappa shape index (κ2) is 6.79. The van der Waals surface area contributed by atoms with Gasteiger partial charge in [0.1, 0.15) is 0 Å². The zero-order valence-electron chi connectivity index (χ0n) is 14.9. The van der Waals surface area contributed by atoms with Crippen molar-refractivity contribution < 1.29 is 14.5 Å². The van der Waals surface area contributed by atoms with Gasteiger partial charge < -0.3 is 9.80 Å². The van der Waals surface area contributed by atoms with Crippen molar-refractivity contribution in [3.05, 3.63) is 30.3 Å². The van der Waals surface area contributed by atoms with Gasteiger partial charge in [0, 0.05) is 12.1 Å². The maximum Gasteiger partial charge on any atom is 0.240 e. The average Bonchev–Trinajstić information content (AvgIpc) is 2.88. The van der Waals surface area contributed by atoms with E-state index >= 15 is 0 Å². The average molecular weight is 342 g/mol. The Bertz CT molecular complexity index is 632. The summed E-state index contributed by atoms with van der Waals surface area (Å²) in [6.07, 6.45) is 5.66. The van der Waals surface area contributed by atoms with Gasteiger partial charge in [-0.25, -0.2) is 4.90 Å². The van der Waals surface area contributed by atoms with E-state index in [1.807, 2.05) is 6.07 Å². The fraction of sp³-hybridized carbons (Fsp3) is 0.600. The van der Waals surface area contributed by atoms with E-state index < -0.39 is 0 Å². The van der Waals surface area contributed by atoms with Crippen LogP contribution in [0.5, 0.6) is 0 Å². The molecule has 0 aromatic heterocycles. The first-order valence-corrected chi connectivity index (χ1v) is 9.66. The summed E-state index contributed by atoms with van der Waals surface area (Å²) in [7, 11) is 0. The van der Waals surface area contributed by atoms with E-state index in [9.17, 15) is 9.59 Å². The molecule has 2 amide bonds. The molecule has 1 aromatic carbocycles. The summed E-state index contributed by atoms with van der Waals surface area (Å²) in [5.74, 6) is 0.181. The van der Waals surface area contributed by atoms with E-state index in [1.54, 1.807) is 4.90 Å². The van der Waals surface area contributed by atoms with Crippen LogP contribution in [0, 0.1) is 5.41 Å². The lowest BCUT2D eigenvalue weighted by atomic mass is 9.73. The van der Waals surface area contributed by atoms with E-state index in [-0.39, 0.29) is 17.2 Å². The molecule has 134 valence electrons. The van der Waals surface area contributed by atoms with Crippen LogP contribution in [0.4, 0.5) is 5.69 Å². The molecular formula is C20H28N3O2+. The van der Waals surface area contributed by atoms with Crippen LogP contribution in [0.15, 0.2) is 30.3 Å². The molecule has 1 aromatic rings. The predicted molar refractivity (Wildman–Crippen MR) is 96.2 cm³/mol. The number of carbonyl (C=O) groups excluding carboxylic acids is 2. The quantitative estimate of drug-likeness (QED) is 0.836. The minimum absolute atomic E-state index is 0.0601. The van der Waals surface area contributed by atoms with Gasteiger partial charge in [0.25, 0.3) is 0 Å². The van der Waals surface area contributed by atoms with Gasteiger partial charge in [-0.3, -0.25) is 9.59 Å². The van der Waals surface area contributed by atoms with E-state index in [1.165, 1.54) is 17.0 Å². The number of likely N-dealkylation sites (tertiary alicyclic amines) is 1. The van der Waals surface area contributed by atoms with Crippen LogP contribution in [0.3, 0.4) is 0 Å². The van der Waals surface area contributed by atoms with Crippen LogP contribution in [-0.4, -0.2) is 49.6 Å². The van der Waals surface area contributed by atoms with Crippen molar-refractivity contribution in [2.45, 2.75) is 38.5 Å². The van der Waals surface area contributed by atoms with Gasteiger partial charge in [-0.15, -0.1) is 0 Å². The number of hydrogen-bond acceptors (Lipinski definition) is 3. The monoisotopic (exact) mass is 342 g/mol. The lowest BCUT2D eigenvalue weighted by molar-refractivity contribution is -0.908. The summed E-state index contributed by atoms with van der Waals surface area (Å²) in [4.78, 5) is 30.8. The summed E-state index contributed by atoms with van der Waals surface area (Å²) in [5.41, 5.74) is 0.914. The first-order chi connectivity index (χ1) is 12.2. The van der Waals surface area contributed by atoms with Crippen molar-refractivity contribution in [3.63, 3.8) is 0 Å². The number of carbonyl (C=O) groups is 2. The van der Waals surface area contributed by atoms with Crippen LogP contribution in [0.2, 0.25) is 0 Å². The van der Waals surface area contributed by atoms with Crippen molar-refractivity contribution in [2.75, 3.05) is 37.7 Å². The third-order valence-corrected chi connectivity index (χ3v) is 6.27. The molecule has 0 atom stereocenters. The number of benzene rings is 1. The van der Waals surface area contributed by atoms with Crippen LogP contribution >= 0.6 is 0 Å². The van der Waals surface area contributed by atoms with Gasteiger partial charge in [0.2, 0.25) is 11.8 Å². The van der Waals surface area contributed by atoms with Gasteiger partial charge >= 0.3 is 0 Å². The zero-order chi connectivity index (χ0) is 17.3. The Kier molecular flexibility index (Phi) is 4.50. The van der Waals surface area contributed by atoms with Crippen LogP contribution in [0.1, 0.15) is 38.5 Å². The molecule has 1 saturated carbocycles. The van der Waals surface area contributed by atoms with Crippen molar-refractivity contribution in [2.24, 2.45) is 5.41 Å². The van der Waals surface area contributed by atoms with Gasteiger partial charge in [-0.05, 0) is 25.0 Å². The molecule has 2 saturated heterocycles. The van der Waals surface area contributed by atoms with Crippen molar-refractivity contribution in [3.8, 4) is 0 Å². The number of piperazine rings is 1. The second-order valence-corrected chi connectivity index (χ2v) is 7.88.